The third-order valence-electron chi connectivity index (χ3n) is 3.48. The van der Waals surface area contributed by atoms with E-state index in [2.05, 4.69) is 17.1 Å². The number of hydrogen-bond donors (Lipinski definition) is 2. The highest BCUT2D eigenvalue weighted by atomic mass is 16.5. The molecule has 1 heterocycles. The van der Waals surface area contributed by atoms with Crippen LogP contribution < -0.4 is 11.1 Å². The third kappa shape index (κ3) is 5.33. The van der Waals surface area contributed by atoms with Gasteiger partial charge < -0.3 is 15.8 Å². The van der Waals surface area contributed by atoms with Gasteiger partial charge in [0.2, 0.25) is 5.91 Å². The van der Waals surface area contributed by atoms with Crippen LogP contribution in [0.25, 0.3) is 0 Å². The van der Waals surface area contributed by atoms with E-state index in [1.807, 2.05) is 6.92 Å². The molecule has 1 aliphatic heterocycles. The van der Waals surface area contributed by atoms with Crippen LogP contribution in [0.5, 0.6) is 0 Å². The van der Waals surface area contributed by atoms with Crippen molar-refractivity contribution in [3.8, 4) is 0 Å². The molecule has 0 aromatic carbocycles. The van der Waals surface area contributed by atoms with Gasteiger partial charge in [0, 0.05) is 25.7 Å². The molecule has 1 rings (SSSR count). The van der Waals surface area contributed by atoms with Crippen molar-refractivity contribution in [3.05, 3.63) is 0 Å². The standard InChI is InChI=1S/C13H27N3O2/c1-10(9-18-3)15-13(17)8-16-6-4-5-12(7-16)11(2)14/h10-12H,4-9,14H2,1-3H3,(H,15,17). The molecule has 1 saturated heterocycles. The van der Waals surface area contributed by atoms with Crippen LogP contribution in [0.1, 0.15) is 26.7 Å². The molecule has 1 amide bonds. The zero-order valence-corrected chi connectivity index (χ0v) is 11.8. The van der Waals surface area contributed by atoms with Gasteiger partial charge in [-0.05, 0) is 39.2 Å². The first kappa shape index (κ1) is 15.4. The number of carbonyl (C=O) groups is 1. The number of carbonyl (C=O) groups excluding carboxylic acids is 1. The minimum absolute atomic E-state index is 0.0662. The van der Waals surface area contributed by atoms with Gasteiger partial charge in [0.1, 0.15) is 0 Å². The van der Waals surface area contributed by atoms with Crippen molar-refractivity contribution in [2.75, 3.05) is 33.4 Å². The topological polar surface area (TPSA) is 67.6 Å². The monoisotopic (exact) mass is 257 g/mol. The Hall–Kier alpha value is -0.650. The van der Waals surface area contributed by atoms with E-state index < -0.39 is 0 Å². The van der Waals surface area contributed by atoms with Gasteiger partial charge >= 0.3 is 0 Å². The van der Waals surface area contributed by atoms with Crippen molar-refractivity contribution in [1.29, 1.82) is 0 Å². The number of methoxy groups -OCH3 is 1. The SMILES string of the molecule is COCC(C)NC(=O)CN1CCCC(C(C)N)C1. The number of nitrogens with zero attached hydrogens (tertiary/aromatic N) is 1. The second-order valence-electron chi connectivity index (χ2n) is 5.42. The smallest absolute Gasteiger partial charge is 0.234 e. The zero-order chi connectivity index (χ0) is 13.5. The Morgan fingerprint density at radius 3 is 2.89 bits per heavy atom. The van der Waals surface area contributed by atoms with E-state index in [9.17, 15) is 4.79 Å². The normalized spacial score (nSPS) is 24.6. The van der Waals surface area contributed by atoms with Crippen molar-refractivity contribution < 1.29 is 9.53 Å². The molecule has 1 fully saturated rings. The number of piperidine rings is 1. The molecule has 3 unspecified atom stereocenters. The minimum Gasteiger partial charge on any atom is -0.383 e. The van der Waals surface area contributed by atoms with Crippen molar-refractivity contribution in [3.63, 3.8) is 0 Å². The highest BCUT2D eigenvalue weighted by molar-refractivity contribution is 5.78. The first-order valence-electron chi connectivity index (χ1n) is 6.79. The summed E-state index contributed by atoms with van der Waals surface area (Å²) >= 11 is 0. The fraction of sp³-hybridized carbons (Fsp3) is 0.923. The fourth-order valence-electron chi connectivity index (χ4n) is 2.48. The maximum absolute atomic E-state index is 11.8. The van der Waals surface area contributed by atoms with Gasteiger partial charge in [0.25, 0.3) is 0 Å². The highest BCUT2D eigenvalue weighted by Crippen LogP contribution is 2.18. The summed E-state index contributed by atoms with van der Waals surface area (Å²) in [5, 5.41) is 2.94. The molecule has 0 radical (unpaired) electrons. The fourth-order valence-corrected chi connectivity index (χ4v) is 2.48. The average Bonchev–Trinajstić information content (AvgIpc) is 2.29. The first-order chi connectivity index (χ1) is 8.52. The van der Waals surface area contributed by atoms with Gasteiger partial charge in [0.15, 0.2) is 0 Å². The van der Waals surface area contributed by atoms with E-state index in [1.165, 1.54) is 6.42 Å². The third-order valence-corrected chi connectivity index (χ3v) is 3.48. The Morgan fingerprint density at radius 2 is 2.28 bits per heavy atom. The molecule has 5 heteroatoms. The van der Waals surface area contributed by atoms with Gasteiger partial charge in [-0.15, -0.1) is 0 Å². The quantitative estimate of drug-likeness (QED) is 0.713. The summed E-state index contributed by atoms with van der Waals surface area (Å²) in [6.07, 6.45) is 2.31. The summed E-state index contributed by atoms with van der Waals surface area (Å²) < 4.78 is 5.00. The molecule has 0 aliphatic carbocycles. The van der Waals surface area contributed by atoms with Crippen molar-refractivity contribution in [1.82, 2.24) is 10.2 Å². The first-order valence-corrected chi connectivity index (χ1v) is 6.79. The number of rotatable bonds is 6. The summed E-state index contributed by atoms with van der Waals surface area (Å²) in [7, 11) is 1.64. The second-order valence-corrected chi connectivity index (χ2v) is 5.42. The average molecular weight is 257 g/mol. The lowest BCUT2D eigenvalue weighted by molar-refractivity contribution is -0.123. The molecule has 0 saturated carbocycles. The van der Waals surface area contributed by atoms with Crippen molar-refractivity contribution >= 4 is 5.91 Å². The van der Waals surface area contributed by atoms with Gasteiger partial charge in [-0.2, -0.15) is 0 Å². The number of likely N-dealkylation sites (tertiary alicyclic amines) is 1. The molecule has 0 aromatic rings. The van der Waals surface area contributed by atoms with Gasteiger partial charge in [-0.1, -0.05) is 0 Å². The summed E-state index contributed by atoms with van der Waals surface area (Å²) in [6, 6.07) is 0.278. The Morgan fingerprint density at radius 1 is 1.56 bits per heavy atom. The number of hydrogen-bond acceptors (Lipinski definition) is 4. The van der Waals surface area contributed by atoms with Crippen molar-refractivity contribution in [2.24, 2.45) is 11.7 Å². The van der Waals surface area contributed by atoms with Gasteiger partial charge in [-0.3, -0.25) is 9.69 Å². The van der Waals surface area contributed by atoms with Crippen LogP contribution >= 0.6 is 0 Å². The maximum atomic E-state index is 11.8. The van der Waals surface area contributed by atoms with Crippen LogP contribution in [-0.2, 0) is 9.53 Å². The number of nitrogens with one attached hydrogen (secondary N) is 1. The van der Waals surface area contributed by atoms with Crippen molar-refractivity contribution in [2.45, 2.75) is 38.8 Å². The second kappa shape index (κ2) is 7.71. The van der Waals surface area contributed by atoms with E-state index in [1.54, 1.807) is 7.11 Å². The molecule has 1 aliphatic rings. The number of amides is 1. The van der Waals surface area contributed by atoms with Crippen LogP contribution in [0.4, 0.5) is 0 Å². The highest BCUT2D eigenvalue weighted by Gasteiger charge is 2.24. The molecule has 18 heavy (non-hydrogen) atoms. The molecule has 3 N–H and O–H groups in total. The summed E-state index contributed by atoms with van der Waals surface area (Å²) in [6.45, 7) is 6.95. The molecule has 0 bridgehead atoms. The van der Waals surface area contributed by atoms with E-state index in [-0.39, 0.29) is 18.0 Å². The maximum Gasteiger partial charge on any atom is 0.234 e. The van der Waals surface area contributed by atoms with Crippen LogP contribution in [-0.4, -0.2) is 56.2 Å². The lowest BCUT2D eigenvalue weighted by atomic mass is 9.92. The van der Waals surface area contributed by atoms with Crippen LogP contribution in [0.2, 0.25) is 0 Å². The molecular formula is C13H27N3O2. The molecule has 5 nitrogen and oxygen atoms in total. The van der Waals surface area contributed by atoms with E-state index in [0.29, 0.717) is 19.1 Å². The van der Waals surface area contributed by atoms with Gasteiger partial charge in [0.05, 0.1) is 13.2 Å². The predicted molar refractivity (Wildman–Crippen MR) is 72.3 cm³/mol. The molecule has 0 spiro atoms. The summed E-state index contributed by atoms with van der Waals surface area (Å²) in [4.78, 5) is 14.0. The number of nitrogens with two attached hydrogens (primary N) is 1. The largest absolute Gasteiger partial charge is 0.383 e. The molecule has 0 aromatic heterocycles. The summed E-state index contributed by atoms with van der Waals surface area (Å²) in [5.41, 5.74) is 5.94. The Balaban J connectivity index is 2.30. The van der Waals surface area contributed by atoms with E-state index >= 15 is 0 Å². The van der Waals surface area contributed by atoms with Crippen LogP contribution in [0, 0.1) is 5.92 Å². The summed E-state index contributed by atoms with van der Waals surface area (Å²) in [5.74, 6) is 0.591. The Bertz CT molecular complexity index is 259. The Kier molecular flexibility index (Phi) is 6.60. The number of ether oxygens (including phenoxy) is 1. The lowest BCUT2D eigenvalue weighted by Gasteiger charge is -2.34. The lowest BCUT2D eigenvalue weighted by Crippen LogP contribution is -2.48. The van der Waals surface area contributed by atoms with Crippen LogP contribution in [0.3, 0.4) is 0 Å². The Labute approximate surface area is 110 Å². The predicted octanol–water partition coefficient (Wildman–Crippen LogP) is 0.197. The van der Waals surface area contributed by atoms with Crippen LogP contribution in [0.15, 0.2) is 0 Å². The van der Waals surface area contributed by atoms with Gasteiger partial charge in [-0.25, -0.2) is 0 Å². The van der Waals surface area contributed by atoms with E-state index in [0.717, 1.165) is 19.5 Å². The minimum atomic E-state index is 0.0662. The molecule has 3 atom stereocenters. The van der Waals surface area contributed by atoms with E-state index in [4.69, 9.17) is 10.5 Å². The molecular weight excluding hydrogens is 230 g/mol. The molecule has 106 valence electrons. The zero-order valence-electron chi connectivity index (χ0n) is 11.8.